The molecule has 6 heteroatoms. The molecule has 3 aromatic rings. The minimum atomic E-state index is -0.426. The van der Waals surface area contributed by atoms with Crippen molar-refractivity contribution in [3.63, 3.8) is 0 Å². The quantitative estimate of drug-likeness (QED) is 0.320. The number of rotatable bonds is 5. The molecule has 0 spiro atoms. The lowest BCUT2D eigenvalue weighted by molar-refractivity contribution is -0.123. The third-order valence-corrected chi connectivity index (χ3v) is 4.35. The van der Waals surface area contributed by atoms with E-state index in [9.17, 15) is 9.59 Å². The van der Waals surface area contributed by atoms with E-state index < -0.39 is 5.91 Å². The predicted molar refractivity (Wildman–Crippen MR) is 101 cm³/mol. The van der Waals surface area contributed by atoms with Crippen molar-refractivity contribution in [3.05, 3.63) is 59.3 Å². The first-order valence-electron chi connectivity index (χ1n) is 8.27. The Morgan fingerprint density at radius 3 is 2.42 bits per heavy atom. The van der Waals surface area contributed by atoms with Crippen LogP contribution in [0.15, 0.2) is 42.5 Å². The molecule has 0 saturated heterocycles. The number of Topliss-reactive ketones (excluding diaryl/α,β-unsaturated/α-hetero) is 1. The summed E-state index contributed by atoms with van der Waals surface area (Å²) in [7, 11) is 0. The third-order valence-electron chi connectivity index (χ3n) is 4.35. The maximum Gasteiger partial charge on any atom is 0.271 e. The number of amides is 1. The van der Waals surface area contributed by atoms with Crippen LogP contribution in [0.1, 0.15) is 28.5 Å². The van der Waals surface area contributed by atoms with E-state index in [4.69, 9.17) is 10.6 Å². The van der Waals surface area contributed by atoms with Crippen molar-refractivity contribution in [2.45, 2.75) is 20.8 Å². The molecular weight excluding hydrogens is 330 g/mol. The largest absolute Gasteiger partial charge is 0.484 e. The van der Waals surface area contributed by atoms with Crippen LogP contribution in [0.25, 0.3) is 16.6 Å². The number of nitrogens with zero attached hydrogens (tertiary/aromatic N) is 1. The van der Waals surface area contributed by atoms with Gasteiger partial charge >= 0.3 is 0 Å². The van der Waals surface area contributed by atoms with Crippen LogP contribution in [0.4, 0.5) is 0 Å². The molecule has 0 unspecified atom stereocenters. The van der Waals surface area contributed by atoms with Crippen LogP contribution >= 0.6 is 0 Å². The number of carbonyl (C=O) groups excluding carboxylic acids is 2. The molecule has 3 rings (SSSR count). The van der Waals surface area contributed by atoms with Crippen molar-refractivity contribution in [2.24, 2.45) is 5.84 Å². The third kappa shape index (κ3) is 3.19. The van der Waals surface area contributed by atoms with Gasteiger partial charge in [0, 0.05) is 22.3 Å². The molecule has 134 valence electrons. The van der Waals surface area contributed by atoms with E-state index >= 15 is 0 Å². The van der Waals surface area contributed by atoms with E-state index in [-0.39, 0.29) is 12.4 Å². The summed E-state index contributed by atoms with van der Waals surface area (Å²) in [6.45, 7) is 5.33. The van der Waals surface area contributed by atoms with Crippen LogP contribution in [0.2, 0.25) is 0 Å². The number of hydrogen-bond acceptors (Lipinski definition) is 4. The zero-order valence-corrected chi connectivity index (χ0v) is 15.0. The molecule has 1 heterocycles. The average molecular weight is 351 g/mol. The second kappa shape index (κ2) is 7.01. The Kier molecular flexibility index (Phi) is 4.77. The van der Waals surface area contributed by atoms with E-state index in [2.05, 4.69) is 4.57 Å². The average Bonchev–Trinajstić information content (AvgIpc) is 2.91. The second-order valence-electron chi connectivity index (χ2n) is 6.22. The number of aryl methyl sites for hydroxylation is 1. The molecule has 0 radical (unpaired) electrons. The van der Waals surface area contributed by atoms with Gasteiger partial charge in [-0.25, -0.2) is 5.84 Å². The number of nitrogens with two attached hydrogens (primary N) is 1. The lowest BCUT2D eigenvalue weighted by Gasteiger charge is -2.09. The molecule has 0 saturated carbocycles. The SMILES string of the molecule is CC(=O)c1c(C)n(-c2ccc(C)cc2)c2ccc(OCC(=O)NN)cc12. The fourth-order valence-electron chi connectivity index (χ4n) is 3.15. The minimum Gasteiger partial charge on any atom is -0.484 e. The molecule has 2 aromatic carbocycles. The zero-order valence-electron chi connectivity index (χ0n) is 15.0. The van der Waals surface area contributed by atoms with E-state index in [0.29, 0.717) is 11.3 Å². The molecule has 0 atom stereocenters. The van der Waals surface area contributed by atoms with Gasteiger partial charge in [0.1, 0.15) is 5.75 Å². The highest BCUT2D eigenvalue weighted by Gasteiger charge is 2.19. The van der Waals surface area contributed by atoms with Gasteiger partial charge in [-0.1, -0.05) is 17.7 Å². The lowest BCUT2D eigenvalue weighted by Crippen LogP contribution is -2.34. The highest BCUT2D eigenvalue weighted by atomic mass is 16.5. The van der Waals surface area contributed by atoms with Crippen molar-refractivity contribution in [2.75, 3.05) is 6.61 Å². The molecule has 0 bridgehead atoms. The van der Waals surface area contributed by atoms with E-state index in [1.807, 2.05) is 49.6 Å². The summed E-state index contributed by atoms with van der Waals surface area (Å²) in [6, 6.07) is 13.6. The Balaban J connectivity index is 2.15. The Labute approximate surface area is 151 Å². The smallest absolute Gasteiger partial charge is 0.271 e. The number of hydrogen-bond donors (Lipinski definition) is 2. The van der Waals surface area contributed by atoms with Crippen molar-refractivity contribution in [1.82, 2.24) is 9.99 Å². The second-order valence-corrected chi connectivity index (χ2v) is 6.22. The molecule has 3 N–H and O–H groups in total. The fourth-order valence-corrected chi connectivity index (χ4v) is 3.15. The van der Waals surface area contributed by atoms with Crippen LogP contribution in [0.3, 0.4) is 0 Å². The number of ether oxygens (including phenoxy) is 1. The topological polar surface area (TPSA) is 86.3 Å². The van der Waals surface area contributed by atoms with Crippen LogP contribution in [0.5, 0.6) is 5.75 Å². The van der Waals surface area contributed by atoms with Gasteiger partial charge < -0.3 is 9.30 Å². The molecule has 6 nitrogen and oxygen atoms in total. The number of hydrazine groups is 1. The number of fused-ring (bicyclic) bond motifs is 1. The Hall–Kier alpha value is -3.12. The summed E-state index contributed by atoms with van der Waals surface area (Å²) in [6.07, 6.45) is 0. The molecule has 26 heavy (non-hydrogen) atoms. The van der Waals surface area contributed by atoms with Gasteiger partial charge in [0.05, 0.1) is 5.52 Å². The fraction of sp³-hybridized carbons (Fsp3) is 0.200. The summed E-state index contributed by atoms with van der Waals surface area (Å²) >= 11 is 0. The van der Waals surface area contributed by atoms with Crippen LogP contribution in [-0.2, 0) is 4.79 Å². The highest BCUT2D eigenvalue weighted by molar-refractivity contribution is 6.09. The lowest BCUT2D eigenvalue weighted by atomic mass is 10.1. The highest BCUT2D eigenvalue weighted by Crippen LogP contribution is 2.32. The number of benzene rings is 2. The van der Waals surface area contributed by atoms with Crippen molar-refractivity contribution in [3.8, 4) is 11.4 Å². The standard InChI is InChI=1S/C20H21N3O3/c1-12-4-6-15(7-5-12)23-13(2)20(14(3)24)17-10-16(8-9-18(17)23)26-11-19(25)22-21/h4-10H,11,21H2,1-3H3,(H,22,25). The first-order chi connectivity index (χ1) is 12.4. The number of ketones is 1. The first-order valence-corrected chi connectivity index (χ1v) is 8.27. The van der Waals surface area contributed by atoms with Gasteiger partial charge in [-0.05, 0) is 51.1 Å². The van der Waals surface area contributed by atoms with Gasteiger partial charge in [0.2, 0.25) is 0 Å². The molecular formula is C20H21N3O3. The van der Waals surface area contributed by atoms with Crippen LogP contribution < -0.4 is 16.0 Å². The molecule has 0 aliphatic carbocycles. The molecule has 1 amide bonds. The zero-order chi connectivity index (χ0) is 18.8. The van der Waals surface area contributed by atoms with Crippen LogP contribution in [0, 0.1) is 13.8 Å². The van der Waals surface area contributed by atoms with Gasteiger partial charge in [-0.2, -0.15) is 0 Å². The Bertz CT molecular complexity index is 988. The maximum atomic E-state index is 12.3. The summed E-state index contributed by atoms with van der Waals surface area (Å²) in [5.74, 6) is 5.12. The molecule has 0 aliphatic rings. The molecule has 0 aliphatic heterocycles. The normalized spacial score (nSPS) is 10.8. The number of carbonyl (C=O) groups is 2. The van der Waals surface area contributed by atoms with E-state index in [1.54, 1.807) is 19.1 Å². The first kappa shape index (κ1) is 17.7. The van der Waals surface area contributed by atoms with Crippen molar-refractivity contribution >= 4 is 22.6 Å². The Morgan fingerprint density at radius 1 is 1.12 bits per heavy atom. The van der Waals surface area contributed by atoms with Crippen molar-refractivity contribution in [1.29, 1.82) is 0 Å². The summed E-state index contributed by atoms with van der Waals surface area (Å²) < 4.78 is 7.52. The maximum absolute atomic E-state index is 12.3. The van der Waals surface area contributed by atoms with Gasteiger partial charge in [-0.15, -0.1) is 0 Å². The summed E-state index contributed by atoms with van der Waals surface area (Å²) in [5.41, 5.74) is 6.60. The van der Waals surface area contributed by atoms with Gasteiger partial charge in [-0.3, -0.25) is 15.0 Å². The van der Waals surface area contributed by atoms with E-state index in [0.717, 1.165) is 22.3 Å². The van der Waals surface area contributed by atoms with E-state index in [1.165, 1.54) is 5.56 Å². The van der Waals surface area contributed by atoms with Crippen molar-refractivity contribution < 1.29 is 14.3 Å². The summed E-state index contributed by atoms with van der Waals surface area (Å²) in [4.78, 5) is 23.5. The molecule has 1 aromatic heterocycles. The molecule has 0 fully saturated rings. The predicted octanol–water partition coefficient (Wildman–Crippen LogP) is 2.82. The van der Waals surface area contributed by atoms with Gasteiger partial charge in [0.15, 0.2) is 12.4 Å². The number of aromatic nitrogens is 1. The summed E-state index contributed by atoms with van der Waals surface area (Å²) in [5, 5.41) is 0.793. The Morgan fingerprint density at radius 2 is 1.81 bits per heavy atom. The monoisotopic (exact) mass is 351 g/mol. The minimum absolute atomic E-state index is 0.0183. The van der Waals surface area contributed by atoms with Gasteiger partial charge in [0.25, 0.3) is 5.91 Å². The number of nitrogens with one attached hydrogen (secondary N) is 1. The van der Waals surface area contributed by atoms with Crippen LogP contribution in [-0.4, -0.2) is 22.9 Å².